The molecule has 0 heterocycles. The molecule has 142 valence electrons. The van der Waals surface area contributed by atoms with Crippen molar-refractivity contribution in [1.82, 2.24) is 5.43 Å². The van der Waals surface area contributed by atoms with Gasteiger partial charge in [0, 0.05) is 9.13 Å². The van der Waals surface area contributed by atoms with E-state index < -0.39 is 0 Å². The summed E-state index contributed by atoms with van der Waals surface area (Å²) in [6, 6.07) is 20.3. The Morgan fingerprint density at radius 1 is 1.04 bits per heavy atom. The highest BCUT2D eigenvalue weighted by atomic mass is 127. The molecule has 0 saturated carbocycles. The summed E-state index contributed by atoms with van der Waals surface area (Å²) in [5, 5.41) is 13.6. The van der Waals surface area contributed by atoms with Gasteiger partial charge in [0.15, 0.2) is 0 Å². The van der Waals surface area contributed by atoms with E-state index in [1.54, 1.807) is 18.3 Å². The second-order valence-electron chi connectivity index (χ2n) is 5.85. The van der Waals surface area contributed by atoms with E-state index in [4.69, 9.17) is 4.74 Å². The lowest BCUT2D eigenvalue weighted by Crippen LogP contribution is -2.17. The lowest BCUT2D eigenvalue weighted by Gasteiger charge is -2.06. The monoisotopic (exact) mass is 598 g/mol. The van der Waals surface area contributed by atoms with E-state index in [9.17, 15) is 9.90 Å². The van der Waals surface area contributed by atoms with Crippen LogP contribution in [0.5, 0.6) is 11.5 Å². The normalized spacial score (nSPS) is 10.8. The van der Waals surface area contributed by atoms with E-state index in [0.717, 1.165) is 16.9 Å². The molecule has 0 fully saturated rings. The zero-order valence-electron chi connectivity index (χ0n) is 14.6. The first-order valence-corrected chi connectivity index (χ1v) is 10.5. The minimum Gasteiger partial charge on any atom is -0.507 e. The van der Waals surface area contributed by atoms with Gasteiger partial charge in [0.1, 0.15) is 18.1 Å². The zero-order chi connectivity index (χ0) is 19.9. The summed E-state index contributed by atoms with van der Waals surface area (Å²) in [4.78, 5) is 12.0. The van der Waals surface area contributed by atoms with Gasteiger partial charge in [0.25, 0.3) is 5.91 Å². The quantitative estimate of drug-likeness (QED) is 0.240. The van der Waals surface area contributed by atoms with Gasteiger partial charge in [-0.05, 0) is 111 Å². The van der Waals surface area contributed by atoms with Crippen LogP contribution in [-0.2, 0) is 6.61 Å². The van der Waals surface area contributed by atoms with E-state index in [1.807, 2.05) is 71.1 Å². The number of aromatic hydroxyl groups is 1. The number of carbonyl (C=O) groups excluding carboxylic acids is 1. The van der Waals surface area contributed by atoms with Crippen LogP contribution in [0.1, 0.15) is 21.5 Å². The number of phenols is 1. The first-order valence-electron chi connectivity index (χ1n) is 8.30. The summed E-state index contributed by atoms with van der Waals surface area (Å²) in [5.74, 6) is 0.438. The number of nitrogens with zero attached hydrogens (tertiary/aromatic N) is 1. The topological polar surface area (TPSA) is 70.9 Å². The Morgan fingerprint density at radius 2 is 1.75 bits per heavy atom. The summed E-state index contributed by atoms with van der Waals surface area (Å²) in [5.41, 5.74) is 4.72. The first-order chi connectivity index (χ1) is 13.5. The number of carbonyl (C=O) groups is 1. The molecule has 3 aromatic carbocycles. The number of halogens is 2. The number of ether oxygens (including phenoxy) is 1. The van der Waals surface area contributed by atoms with Crippen LogP contribution in [0.25, 0.3) is 0 Å². The molecule has 3 rings (SSSR count). The maximum absolute atomic E-state index is 12.0. The Bertz CT molecular complexity index is 988. The summed E-state index contributed by atoms with van der Waals surface area (Å²) in [7, 11) is 0. The van der Waals surface area contributed by atoms with Gasteiger partial charge in [0.05, 0.1) is 9.78 Å². The van der Waals surface area contributed by atoms with Crippen molar-refractivity contribution in [1.29, 1.82) is 0 Å². The molecule has 0 aliphatic rings. The van der Waals surface area contributed by atoms with Crippen molar-refractivity contribution >= 4 is 57.3 Å². The summed E-state index contributed by atoms with van der Waals surface area (Å²) in [6.07, 6.45) is 1.55. The molecule has 0 saturated heterocycles. The summed E-state index contributed by atoms with van der Waals surface area (Å²) < 4.78 is 7.64. The second kappa shape index (κ2) is 9.87. The number of hydrogen-bond donors (Lipinski definition) is 2. The van der Waals surface area contributed by atoms with Crippen molar-refractivity contribution in [2.75, 3.05) is 0 Å². The van der Waals surface area contributed by atoms with Crippen LogP contribution in [0, 0.1) is 7.14 Å². The largest absolute Gasteiger partial charge is 0.507 e. The minimum absolute atomic E-state index is 0.0676. The van der Waals surface area contributed by atoms with Crippen LogP contribution in [0.3, 0.4) is 0 Å². The van der Waals surface area contributed by atoms with Crippen LogP contribution < -0.4 is 10.2 Å². The fourth-order valence-electron chi connectivity index (χ4n) is 2.28. The molecule has 0 atom stereocenters. The predicted molar refractivity (Wildman–Crippen MR) is 126 cm³/mol. The van der Waals surface area contributed by atoms with E-state index in [1.165, 1.54) is 9.64 Å². The standard InChI is InChI=1S/C21H16I2N2O3/c22-17-6-1-15(2-7-17)13-28-18-8-3-14(4-9-18)12-24-25-21(27)16-5-10-19(23)20(26)11-16/h1-12,26H,13H2,(H,25,27)/b24-12-. The highest BCUT2D eigenvalue weighted by Crippen LogP contribution is 2.20. The van der Waals surface area contributed by atoms with Crippen molar-refractivity contribution in [3.05, 3.63) is 90.6 Å². The van der Waals surface area contributed by atoms with Gasteiger partial charge in [-0.1, -0.05) is 12.1 Å². The molecule has 0 radical (unpaired) electrons. The average Bonchev–Trinajstić information content (AvgIpc) is 2.70. The molecule has 2 N–H and O–H groups in total. The number of hydrazone groups is 1. The maximum atomic E-state index is 12.0. The highest BCUT2D eigenvalue weighted by Gasteiger charge is 2.07. The number of amides is 1. The van der Waals surface area contributed by atoms with E-state index in [2.05, 4.69) is 33.1 Å². The van der Waals surface area contributed by atoms with E-state index in [0.29, 0.717) is 15.7 Å². The number of nitrogens with one attached hydrogen (secondary N) is 1. The number of hydrogen-bond acceptors (Lipinski definition) is 4. The first kappa shape index (κ1) is 20.6. The Morgan fingerprint density at radius 3 is 2.43 bits per heavy atom. The van der Waals surface area contributed by atoms with Crippen LogP contribution in [0.15, 0.2) is 71.8 Å². The van der Waals surface area contributed by atoms with Gasteiger partial charge in [-0.15, -0.1) is 0 Å². The molecule has 0 aliphatic heterocycles. The third kappa shape index (κ3) is 5.93. The molecule has 0 spiro atoms. The molecule has 1 amide bonds. The van der Waals surface area contributed by atoms with Gasteiger partial charge >= 0.3 is 0 Å². The average molecular weight is 598 g/mol. The summed E-state index contributed by atoms with van der Waals surface area (Å²) >= 11 is 4.26. The molecular weight excluding hydrogens is 582 g/mol. The lowest BCUT2D eigenvalue weighted by molar-refractivity contribution is 0.0954. The fourth-order valence-corrected chi connectivity index (χ4v) is 2.98. The smallest absolute Gasteiger partial charge is 0.271 e. The maximum Gasteiger partial charge on any atom is 0.271 e. The van der Waals surface area contributed by atoms with Gasteiger partial charge in [0.2, 0.25) is 0 Å². The molecule has 0 aromatic heterocycles. The third-order valence-corrected chi connectivity index (χ3v) is 5.42. The molecule has 0 unspecified atom stereocenters. The van der Waals surface area contributed by atoms with Crippen LogP contribution >= 0.6 is 45.2 Å². The zero-order valence-corrected chi connectivity index (χ0v) is 18.9. The number of benzene rings is 3. The molecular formula is C21H16I2N2O3. The lowest BCUT2D eigenvalue weighted by atomic mass is 10.2. The Balaban J connectivity index is 1.52. The van der Waals surface area contributed by atoms with Crippen LogP contribution in [-0.4, -0.2) is 17.2 Å². The Kier molecular flexibility index (Phi) is 7.26. The summed E-state index contributed by atoms with van der Waals surface area (Å²) in [6.45, 7) is 0.503. The van der Waals surface area contributed by atoms with Crippen molar-refractivity contribution in [3.8, 4) is 11.5 Å². The second-order valence-corrected chi connectivity index (χ2v) is 8.26. The number of rotatable bonds is 6. The predicted octanol–water partition coefficient (Wildman–Crippen LogP) is 4.94. The van der Waals surface area contributed by atoms with Crippen molar-refractivity contribution in [2.24, 2.45) is 5.10 Å². The number of phenolic OH excluding ortho intramolecular Hbond substituents is 1. The van der Waals surface area contributed by atoms with Crippen LogP contribution in [0.4, 0.5) is 0 Å². The van der Waals surface area contributed by atoms with Gasteiger partial charge in [-0.25, -0.2) is 5.43 Å². The molecule has 0 aliphatic carbocycles. The van der Waals surface area contributed by atoms with Gasteiger partial charge in [-0.2, -0.15) is 5.10 Å². The SMILES string of the molecule is O=C(N/N=C\c1ccc(OCc2ccc(I)cc2)cc1)c1ccc(I)c(O)c1. The minimum atomic E-state index is -0.388. The van der Waals surface area contributed by atoms with Crippen molar-refractivity contribution in [3.63, 3.8) is 0 Å². The van der Waals surface area contributed by atoms with E-state index >= 15 is 0 Å². The van der Waals surface area contributed by atoms with E-state index in [-0.39, 0.29) is 11.7 Å². The van der Waals surface area contributed by atoms with Gasteiger partial charge in [-0.3, -0.25) is 4.79 Å². The third-order valence-electron chi connectivity index (χ3n) is 3.79. The molecule has 28 heavy (non-hydrogen) atoms. The fraction of sp³-hybridized carbons (Fsp3) is 0.0476. The molecule has 7 heteroatoms. The highest BCUT2D eigenvalue weighted by molar-refractivity contribution is 14.1. The van der Waals surface area contributed by atoms with Gasteiger partial charge < -0.3 is 9.84 Å². The Labute approximate surface area is 190 Å². The van der Waals surface area contributed by atoms with Crippen molar-refractivity contribution in [2.45, 2.75) is 6.61 Å². The Hall–Kier alpha value is -2.14. The molecule has 0 bridgehead atoms. The molecule has 3 aromatic rings. The van der Waals surface area contributed by atoms with Crippen molar-refractivity contribution < 1.29 is 14.6 Å². The van der Waals surface area contributed by atoms with Crippen LogP contribution in [0.2, 0.25) is 0 Å². The molecule has 5 nitrogen and oxygen atoms in total.